The molecule has 0 aliphatic heterocycles. The summed E-state index contributed by atoms with van der Waals surface area (Å²) in [6, 6.07) is 0. The zero-order valence-corrected chi connectivity index (χ0v) is 11.5. The van der Waals surface area contributed by atoms with Gasteiger partial charge in [-0.05, 0) is 18.6 Å². The maximum absolute atomic E-state index is 10.5. The summed E-state index contributed by atoms with van der Waals surface area (Å²) in [5, 5.41) is 13.0. The minimum Gasteiger partial charge on any atom is -0.395 e. The smallest absolute Gasteiger partial charge is 0.245 e. The van der Waals surface area contributed by atoms with Crippen LogP contribution in [-0.4, -0.2) is 43.4 Å². The van der Waals surface area contributed by atoms with Crippen molar-refractivity contribution in [1.29, 1.82) is 0 Å². The topological polar surface area (TPSA) is 87.7 Å². The molecule has 0 heterocycles. The van der Waals surface area contributed by atoms with Gasteiger partial charge < -0.3 is 20.5 Å². The molecule has 6 nitrogen and oxygen atoms in total. The average Bonchev–Trinajstić information content (AvgIpc) is 2.44. The molecule has 110 valence electrons. The van der Waals surface area contributed by atoms with Crippen LogP contribution in [0.15, 0.2) is 25.3 Å². The molecule has 6 heteroatoms. The number of rotatable bonds is 9. The highest BCUT2D eigenvalue weighted by atomic mass is 16.5. The van der Waals surface area contributed by atoms with Crippen LogP contribution in [0.25, 0.3) is 0 Å². The SMILES string of the molecule is C=CC(=O)NCCO.C=CC(=O)NCOCCCC. The number of nitrogens with one attached hydrogen (secondary N) is 2. The van der Waals surface area contributed by atoms with E-state index >= 15 is 0 Å². The predicted molar refractivity (Wildman–Crippen MR) is 74.4 cm³/mol. The number of aliphatic hydroxyl groups is 1. The Bertz CT molecular complexity index is 267. The summed E-state index contributed by atoms with van der Waals surface area (Å²) in [4.78, 5) is 20.8. The molecule has 0 aliphatic rings. The first-order chi connectivity index (χ1) is 9.12. The first kappa shape index (κ1) is 19.7. The van der Waals surface area contributed by atoms with E-state index < -0.39 is 0 Å². The maximum atomic E-state index is 10.5. The summed E-state index contributed by atoms with van der Waals surface area (Å²) in [7, 11) is 0. The van der Waals surface area contributed by atoms with Gasteiger partial charge in [0.25, 0.3) is 0 Å². The van der Waals surface area contributed by atoms with E-state index in [1.54, 1.807) is 0 Å². The number of unbranched alkanes of at least 4 members (excludes halogenated alkanes) is 1. The van der Waals surface area contributed by atoms with Gasteiger partial charge in [0, 0.05) is 13.2 Å². The second-order valence-corrected chi connectivity index (χ2v) is 3.37. The molecule has 0 unspecified atom stereocenters. The van der Waals surface area contributed by atoms with E-state index in [1.807, 2.05) is 0 Å². The van der Waals surface area contributed by atoms with E-state index in [2.05, 4.69) is 30.7 Å². The summed E-state index contributed by atoms with van der Waals surface area (Å²) in [5.74, 6) is -0.444. The molecule has 0 saturated heterocycles. The second kappa shape index (κ2) is 16.3. The van der Waals surface area contributed by atoms with Gasteiger partial charge in [-0.1, -0.05) is 26.5 Å². The molecule has 0 radical (unpaired) electrons. The lowest BCUT2D eigenvalue weighted by molar-refractivity contribution is -0.118. The number of carbonyl (C=O) groups is 2. The van der Waals surface area contributed by atoms with Crippen molar-refractivity contribution >= 4 is 11.8 Å². The number of aliphatic hydroxyl groups excluding tert-OH is 1. The van der Waals surface area contributed by atoms with Gasteiger partial charge >= 0.3 is 0 Å². The van der Waals surface area contributed by atoms with E-state index in [0.29, 0.717) is 13.2 Å². The maximum Gasteiger partial charge on any atom is 0.245 e. The minimum absolute atomic E-state index is 0.0282. The van der Waals surface area contributed by atoms with Crippen LogP contribution >= 0.6 is 0 Å². The number of amides is 2. The fraction of sp³-hybridized carbons (Fsp3) is 0.538. The van der Waals surface area contributed by atoms with E-state index in [0.717, 1.165) is 18.9 Å². The van der Waals surface area contributed by atoms with E-state index in [-0.39, 0.29) is 25.2 Å². The van der Waals surface area contributed by atoms with Crippen molar-refractivity contribution in [2.75, 3.05) is 26.5 Å². The Morgan fingerprint density at radius 2 is 1.79 bits per heavy atom. The Hall–Kier alpha value is -1.66. The van der Waals surface area contributed by atoms with Crippen molar-refractivity contribution in [3.63, 3.8) is 0 Å². The standard InChI is InChI=1S/C8H15NO2.C5H9NO2/c1-3-5-6-11-7-9-8(10)4-2;1-2-5(8)6-3-4-7/h4H,2-3,5-7H2,1H3,(H,9,10);2,7H,1,3-4H2,(H,6,8). The largest absolute Gasteiger partial charge is 0.395 e. The van der Waals surface area contributed by atoms with Gasteiger partial charge in [-0.3, -0.25) is 9.59 Å². The van der Waals surface area contributed by atoms with Gasteiger partial charge in [0.05, 0.1) is 6.61 Å². The van der Waals surface area contributed by atoms with Crippen LogP contribution in [0.1, 0.15) is 19.8 Å². The Balaban J connectivity index is 0. The average molecular weight is 272 g/mol. The third kappa shape index (κ3) is 18.9. The van der Waals surface area contributed by atoms with Crippen LogP contribution in [0, 0.1) is 0 Å². The van der Waals surface area contributed by atoms with Crippen molar-refractivity contribution in [2.45, 2.75) is 19.8 Å². The Kier molecular flexibility index (Phi) is 16.9. The lowest BCUT2D eigenvalue weighted by Crippen LogP contribution is -2.23. The van der Waals surface area contributed by atoms with Crippen molar-refractivity contribution < 1.29 is 19.4 Å². The molecule has 0 rings (SSSR count). The van der Waals surface area contributed by atoms with Crippen molar-refractivity contribution in [3.05, 3.63) is 25.3 Å². The molecular formula is C13H24N2O4. The monoisotopic (exact) mass is 272 g/mol. The molecule has 0 atom stereocenters. The van der Waals surface area contributed by atoms with E-state index in [9.17, 15) is 9.59 Å². The van der Waals surface area contributed by atoms with Crippen molar-refractivity contribution in [1.82, 2.24) is 10.6 Å². The summed E-state index contributed by atoms with van der Waals surface area (Å²) >= 11 is 0. The normalized spacial score (nSPS) is 8.74. The van der Waals surface area contributed by atoms with Crippen LogP contribution in [0.2, 0.25) is 0 Å². The number of ether oxygens (including phenoxy) is 1. The summed E-state index contributed by atoms with van der Waals surface area (Å²) in [6.07, 6.45) is 4.53. The zero-order chi connectivity index (χ0) is 14.9. The highest BCUT2D eigenvalue weighted by Gasteiger charge is 1.90. The third-order valence-electron chi connectivity index (χ3n) is 1.77. The molecule has 0 aromatic rings. The van der Waals surface area contributed by atoms with Crippen LogP contribution in [-0.2, 0) is 14.3 Å². The summed E-state index contributed by atoms with van der Waals surface area (Å²) in [6.45, 7) is 9.87. The molecule has 0 aliphatic carbocycles. The fourth-order valence-corrected chi connectivity index (χ4v) is 0.764. The quantitative estimate of drug-likeness (QED) is 0.321. The van der Waals surface area contributed by atoms with Gasteiger partial charge in [0.1, 0.15) is 6.73 Å². The predicted octanol–water partition coefficient (Wildman–Crippen LogP) is 0.344. The first-order valence-corrected chi connectivity index (χ1v) is 6.11. The minimum atomic E-state index is -0.251. The first-order valence-electron chi connectivity index (χ1n) is 6.11. The van der Waals surface area contributed by atoms with Gasteiger partial charge in [0.2, 0.25) is 11.8 Å². The molecule has 3 N–H and O–H groups in total. The molecule has 19 heavy (non-hydrogen) atoms. The molecule has 2 amide bonds. The van der Waals surface area contributed by atoms with Crippen LogP contribution in [0.4, 0.5) is 0 Å². The Morgan fingerprint density at radius 3 is 2.26 bits per heavy atom. The number of hydrogen-bond donors (Lipinski definition) is 3. The highest BCUT2D eigenvalue weighted by molar-refractivity contribution is 5.87. The van der Waals surface area contributed by atoms with Gasteiger partial charge in [0.15, 0.2) is 0 Å². The molecule has 0 bridgehead atoms. The van der Waals surface area contributed by atoms with E-state index in [1.165, 1.54) is 6.08 Å². The molecule has 0 saturated carbocycles. The highest BCUT2D eigenvalue weighted by Crippen LogP contribution is 1.85. The van der Waals surface area contributed by atoms with Crippen LogP contribution in [0.3, 0.4) is 0 Å². The summed E-state index contributed by atoms with van der Waals surface area (Å²) in [5.41, 5.74) is 0. The number of carbonyl (C=O) groups excluding carboxylic acids is 2. The fourth-order valence-electron chi connectivity index (χ4n) is 0.764. The molecule has 0 aromatic heterocycles. The Morgan fingerprint density at radius 1 is 1.21 bits per heavy atom. The van der Waals surface area contributed by atoms with Gasteiger partial charge in [-0.25, -0.2) is 0 Å². The van der Waals surface area contributed by atoms with Crippen molar-refractivity contribution in [3.8, 4) is 0 Å². The van der Waals surface area contributed by atoms with Crippen molar-refractivity contribution in [2.24, 2.45) is 0 Å². The van der Waals surface area contributed by atoms with Crippen LogP contribution < -0.4 is 10.6 Å². The van der Waals surface area contributed by atoms with E-state index in [4.69, 9.17) is 9.84 Å². The molecule has 0 aromatic carbocycles. The second-order valence-electron chi connectivity index (χ2n) is 3.37. The molecular weight excluding hydrogens is 248 g/mol. The lowest BCUT2D eigenvalue weighted by Gasteiger charge is -2.02. The Labute approximate surface area is 114 Å². The van der Waals surface area contributed by atoms with Gasteiger partial charge in [-0.15, -0.1) is 0 Å². The molecule has 0 fully saturated rings. The summed E-state index contributed by atoms with van der Waals surface area (Å²) < 4.78 is 5.07. The zero-order valence-electron chi connectivity index (χ0n) is 11.5. The van der Waals surface area contributed by atoms with Crippen LogP contribution in [0.5, 0.6) is 0 Å². The number of hydrogen-bond acceptors (Lipinski definition) is 4. The third-order valence-corrected chi connectivity index (χ3v) is 1.77. The lowest BCUT2D eigenvalue weighted by atomic mass is 10.4. The molecule has 0 spiro atoms. The van der Waals surface area contributed by atoms with Gasteiger partial charge in [-0.2, -0.15) is 0 Å².